The number of rotatable bonds is 5. The van der Waals surface area contributed by atoms with Crippen LogP contribution in [0.1, 0.15) is 53.4 Å². The summed E-state index contributed by atoms with van der Waals surface area (Å²) in [7, 11) is 1.68. The van der Waals surface area contributed by atoms with E-state index in [-0.39, 0.29) is 5.91 Å². The third kappa shape index (κ3) is 3.63. The molecule has 0 bridgehead atoms. The van der Waals surface area contributed by atoms with Gasteiger partial charge < -0.3 is 9.84 Å². The molecule has 3 atom stereocenters. The molecule has 5 rings (SSSR count). The molecule has 32 heavy (non-hydrogen) atoms. The Labute approximate surface area is 196 Å². The Morgan fingerprint density at radius 3 is 2.72 bits per heavy atom. The number of carboxylic acids is 1. The predicted octanol–water partition coefficient (Wildman–Crippen LogP) is 5.01. The number of amides is 1. The Bertz CT molecular complexity index is 1140. The first-order valence-electron chi connectivity index (χ1n) is 10.7. The predicted molar refractivity (Wildman–Crippen MR) is 129 cm³/mol. The van der Waals surface area contributed by atoms with Crippen LogP contribution in [0.25, 0.3) is 6.08 Å². The van der Waals surface area contributed by atoms with Crippen LogP contribution in [0.4, 0.5) is 0 Å². The van der Waals surface area contributed by atoms with Crippen LogP contribution in [0.2, 0.25) is 0 Å². The lowest BCUT2D eigenvalue weighted by molar-refractivity contribution is -0.140. The standard InChI is InChI=1S/C25H23NO4S2/c1-30-16-8-6-15(7-9-16)23-18-4-2-3-17(18)20-11-14(5-10-19(20)23)12-21-24(29)26(13-22(27)28)25(31)32-21/h5-12,17-18,23H,2-4,13H2,1H3,(H,27,28)/b21-12-/t17-,18+,23?/m1/s1. The molecule has 1 saturated heterocycles. The summed E-state index contributed by atoms with van der Waals surface area (Å²) in [5.74, 6) is 0.973. The maximum absolute atomic E-state index is 12.6. The van der Waals surface area contributed by atoms with Gasteiger partial charge in [-0.25, -0.2) is 0 Å². The fourth-order valence-electron chi connectivity index (χ4n) is 5.45. The Morgan fingerprint density at radius 2 is 2.00 bits per heavy atom. The first-order chi connectivity index (χ1) is 15.5. The number of aliphatic carboxylic acids is 1. The van der Waals surface area contributed by atoms with Crippen molar-refractivity contribution in [3.63, 3.8) is 0 Å². The van der Waals surface area contributed by atoms with E-state index in [2.05, 4.69) is 30.3 Å². The monoisotopic (exact) mass is 465 g/mol. The second-order valence-electron chi connectivity index (χ2n) is 8.50. The van der Waals surface area contributed by atoms with E-state index in [1.54, 1.807) is 7.11 Å². The molecule has 1 N–H and O–H groups in total. The molecule has 2 fully saturated rings. The van der Waals surface area contributed by atoms with Gasteiger partial charge in [0.15, 0.2) is 0 Å². The van der Waals surface area contributed by atoms with Crippen molar-refractivity contribution in [1.29, 1.82) is 0 Å². The molecule has 5 nitrogen and oxygen atoms in total. The molecule has 2 aromatic carbocycles. The molecule has 1 unspecified atom stereocenters. The Morgan fingerprint density at radius 1 is 1.22 bits per heavy atom. The minimum absolute atomic E-state index is 0.292. The van der Waals surface area contributed by atoms with Crippen LogP contribution in [0.15, 0.2) is 47.4 Å². The molecule has 3 aliphatic rings. The van der Waals surface area contributed by atoms with Crippen molar-refractivity contribution >= 4 is 46.3 Å². The molecule has 1 amide bonds. The molecule has 2 aromatic rings. The van der Waals surface area contributed by atoms with Crippen LogP contribution < -0.4 is 4.74 Å². The quantitative estimate of drug-likeness (QED) is 0.495. The summed E-state index contributed by atoms with van der Waals surface area (Å²) in [6.45, 7) is -0.403. The first kappa shape index (κ1) is 21.2. The molecule has 7 heteroatoms. The normalized spacial score (nSPS) is 25.3. The van der Waals surface area contributed by atoms with Crippen molar-refractivity contribution in [2.45, 2.75) is 31.1 Å². The maximum Gasteiger partial charge on any atom is 0.323 e. The molecule has 0 spiro atoms. The summed E-state index contributed by atoms with van der Waals surface area (Å²) in [5, 5.41) is 9.04. The van der Waals surface area contributed by atoms with Gasteiger partial charge in [0.1, 0.15) is 16.6 Å². The van der Waals surface area contributed by atoms with Gasteiger partial charge in [0.25, 0.3) is 5.91 Å². The lowest BCUT2D eigenvalue weighted by Gasteiger charge is -2.20. The highest BCUT2D eigenvalue weighted by molar-refractivity contribution is 8.26. The number of methoxy groups -OCH3 is 1. The highest BCUT2D eigenvalue weighted by atomic mass is 32.2. The number of benzene rings is 2. The van der Waals surface area contributed by atoms with Gasteiger partial charge in [0.05, 0.1) is 12.0 Å². The number of thiocarbonyl (C=S) groups is 1. The molecular formula is C25H23NO4S2. The van der Waals surface area contributed by atoms with Crippen LogP contribution in [0.5, 0.6) is 5.75 Å². The van der Waals surface area contributed by atoms with E-state index >= 15 is 0 Å². The van der Waals surface area contributed by atoms with Crippen molar-refractivity contribution in [3.05, 3.63) is 69.6 Å². The molecule has 0 aromatic heterocycles. The number of carboxylic acid groups (broad SMARTS) is 1. The molecule has 2 aliphatic carbocycles. The van der Waals surface area contributed by atoms with Gasteiger partial charge in [-0.1, -0.05) is 60.7 Å². The number of ether oxygens (including phenoxy) is 1. The zero-order chi connectivity index (χ0) is 22.4. The Hall–Kier alpha value is -2.64. The lowest BCUT2D eigenvalue weighted by atomic mass is 9.84. The van der Waals surface area contributed by atoms with E-state index in [4.69, 9.17) is 22.1 Å². The fraction of sp³-hybridized carbons (Fsp3) is 0.320. The van der Waals surface area contributed by atoms with Crippen LogP contribution in [-0.2, 0) is 9.59 Å². The molecule has 1 aliphatic heterocycles. The summed E-state index contributed by atoms with van der Waals surface area (Å²) in [5.41, 5.74) is 5.04. The molecule has 1 heterocycles. The van der Waals surface area contributed by atoms with Gasteiger partial charge in [0, 0.05) is 5.92 Å². The highest BCUT2D eigenvalue weighted by Gasteiger charge is 2.44. The van der Waals surface area contributed by atoms with Gasteiger partial charge >= 0.3 is 5.97 Å². The molecular weight excluding hydrogens is 442 g/mol. The lowest BCUT2D eigenvalue weighted by Crippen LogP contribution is -2.33. The highest BCUT2D eigenvalue weighted by Crippen LogP contribution is 2.57. The summed E-state index contributed by atoms with van der Waals surface area (Å²) < 4.78 is 5.62. The minimum atomic E-state index is -1.07. The van der Waals surface area contributed by atoms with E-state index in [0.29, 0.717) is 27.0 Å². The summed E-state index contributed by atoms with van der Waals surface area (Å²) >= 11 is 6.38. The Kier molecular flexibility index (Phi) is 5.55. The van der Waals surface area contributed by atoms with Crippen LogP contribution in [0.3, 0.4) is 0 Å². The maximum atomic E-state index is 12.6. The second-order valence-corrected chi connectivity index (χ2v) is 10.2. The van der Waals surface area contributed by atoms with Crippen molar-refractivity contribution in [3.8, 4) is 5.75 Å². The average Bonchev–Trinajstić information content (AvgIpc) is 3.44. The summed E-state index contributed by atoms with van der Waals surface area (Å²) in [4.78, 5) is 25.3. The number of hydrogen-bond donors (Lipinski definition) is 1. The van der Waals surface area contributed by atoms with Crippen molar-refractivity contribution in [2.75, 3.05) is 13.7 Å². The smallest absolute Gasteiger partial charge is 0.323 e. The number of fused-ring (bicyclic) bond motifs is 3. The van der Waals surface area contributed by atoms with Crippen molar-refractivity contribution in [2.24, 2.45) is 5.92 Å². The van der Waals surface area contributed by atoms with Gasteiger partial charge in [0.2, 0.25) is 0 Å². The molecule has 0 radical (unpaired) electrons. The van der Waals surface area contributed by atoms with E-state index in [0.717, 1.165) is 16.2 Å². The summed E-state index contributed by atoms with van der Waals surface area (Å²) in [6, 6.07) is 14.9. The van der Waals surface area contributed by atoms with Crippen LogP contribution in [0, 0.1) is 5.92 Å². The average molecular weight is 466 g/mol. The molecule has 1 saturated carbocycles. The summed E-state index contributed by atoms with van der Waals surface area (Å²) in [6.07, 6.45) is 5.49. The minimum Gasteiger partial charge on any atom is -0.497 e. The first-order valence-corrected chi connectivity index (χ1v) is 11.9. The number of hydrogen-bond acceptors (Lipinski definition) is 5. The number of carbonyl (C=O) groups excluding carboxylic acids is 1. The van der Waals surface area contributed by atoms with Gasteiger partial charge in [-0.05, 0) is 65.1 Å². The second kappa shape index (κ2) is 8.37. The third-order valence-electron chi connectivity index (χ3n) is 6.78. The number of nitrogens with zero attached hydrogens (tertiary/aromatic N) is 1. The topological polar surface area (TPSA) is 66.8 Å². The van der Waals surface area contributed by atoms with E-state index in [1.807, 2.05) is 18.2 Å². The Balaban J connectivity index is 1.47. The van der Waals surface area contributed by atoms with Gasteiger partial charge in [-0.2, -0.15) is 0 Å². The SMILES string of the molecule is COc1ccc(C2c3ccc(/C=C4\SC(=S)N(CC(=O)O)C4=O)cc3[C@@H]3CCC[C@H]23)cc1. The fourth-order valence-corrected chi connectivity index (χ4v) is 6.71. The van der Waals surface area contributed by atoms with Crippen LogP contribution in [-0.4, -0.2) is 39.9 Å². The zero-order valence-electron chi connectivity index (χ0n) is 17.6. The van der Waals surface area contributed by atoms with Crippen molar-refractivity contribution in [1.82, 2.24) is 4.90 Å². The van der Waals surface area contributed by atoms with E-state index in [9.17, 15) is 9.59 Å². The zero-order valence-corrected chi connectivity index (χ0v) is 19.2. The van der Waals surface area contributed by atoms with Crippen LogP contribution >= 0.6 is 24.0 Å². The van der Waals surface area contributed by atoms with Gasteiger partial charge in [-0.3, -0.25) is 14.5 Å². The van der Waals surface area contributed by atoms with Crippen molar-refractivity contribution < 1.29 is 19.4 Å². The van der Waals surface area contributed by atoms with E-state index < -0.39 is 12.5 Å². The van der Waals surface area contributed by atoms with E-state index in [1.165, 1.54) is 47.7 Å². The third-order valence-corrected chi connectivity index (χ3v) is 8.16. The molecule has 164 valence electrons. The largest absolute Gasteiger partial charge is 0.497 e. The van der Waals surface area contributed by atoms with Gasteiger partial charge in [-0.15, -0.1) is 0 Å². The number of thioether (sulfide) groups is 1. The number of carbonyl (C=O) groups is 2.